The van der Waals surface area contributed by atoms with E-state index in [1.165, 1.54) is 0 Å². The fourth-order valence-corrected chi connectivity index (χ4v) is 1.41. The molecule has 0 unspecified atom stereocenters. The molecule has 1 aromatic rings. The Balaban J connectivity index is 2.91. The second kappa shape index (κ2) is 5.91. The van der Waals surface area contributed by atoms with E-state index in [0.29, 0.717) is 5.57 Å². The highest BCUT2D eigenvalue weighted by Crippen LogP contribution is 2.12. The molecular weight excluding hydrogens is 200 g/mol. The molecule has 2 heteroatoms. The molecule has 0 aliphatic carbocycles. The average molecular weight is 216 g/mol. The summed E-state index contributed by atoms with van der Waals surface area (Å²) >= 11 is 0. The minimum absolute atomic E-state index is 0.412. The van der Waals surface area contributed by atoms with Crippen molar-refractivity contribution in [2.45, 2.75) is 20.3 Å². The largest absolute Gasteiger partial charge is 0.478 e. The first-order valence-electron chi connectivity index (χ1n) is 5.31. The van der Waals surface area contributed by atoms with Crippen LogP contribution < -0.4 is 0 Å². The Morgan fingerprint density at radius 1 is 1.31 bits per heavy atom. The van der Waals surface area contributed by atoms with E-state index < -0.39 is 5.97 Å². The monoisotopic (exact) mass is 216 g/mol. The fourth-order valence-electron chi connectivity index (χ4n) is 1.41. The van der Waals surface area contributed by atoms with Gasteiger partial charge in [-0.15, -0.1) is 0 Å². The Labute approximate surface area is 95.9 Å². The Morgan fingerprint density at radius 2 is 1.94 bits per heavy atom. The highest BCUT2D eigenvalue weighted by atomic mass is 16.4. The van der Waals surface area contributed by atoms with Crippen molar-refractivity contribution in [3.8, 4) is 0 Å². The second-order valence-electron chi connectivity index (χ2n) is 3.55. The van der Waals surface area contributed by atoms with Gasteiger partial charge in [-0.05, 0) is 24.5 Å². The summed E-state index contributed by atoms with van der Waals surface area (Å²) in [6, 6.07) is 9.84. The van der Waals surface area contributed by atoms with Crippen molar-refractivity contribution in [1.82, 2.24) is 0 Å². The third-order valence-corrected chi connectivity index (χ3v) is 2.46. The maximum atomic E-state index is 10.8. The van der Waals surface area contributed by atoms with Crippen LogP contribution in [0.1, 0.15) is 25.8 Å². The first-order valence-corrected chi connectivity index (χ1v) is 5.31. The molecule has 16 heavy (non-hydrogen) atoms. The molecule has 0 aliphatic heterocycles. The van der Waals surface area contributed by atoms with E-state index in [1.54, 1.807) is 6.92 Å². The van der Waals surface area contributed by atoms with E-state index in [9.17, 15) is 4.79 Å². The molecule has 0 bridgehead atoms. The third-order valence-electron chi connectivity index (χ3n) is 2.46. The number of carbonyl (C=O) groups is 1. The number of aliphatic carboxylic acids is 1. The van der Waals surface area contributed by atoms with Gasteiger partial charge in [0.25, 0.3) is 0 Å². The number of hydrogen-bond acceptors (Lipinski definition) is 1. The molecule has 0 spiro atoms. The molecule has 1 rings (SSSR count). The van der Waals surface area contributed by atoms with Crippen LogP contribution in [0.15, 0.2) is 47.6 Å². The van der Waals surface area contributed by atoms with Crippen LogP contribution in [-0.2, 0) is 4.79 Å². The Kier molecular flexibility index (Phi) is 4.52. The zero-order valence-electron chi connectivity index (χ0n) is 9.60. The predicted octanol–water partition coefficient (Wildman–Crippen LogP) is 3.51. The van der Waals surface area contributed by atoms with E-state index in [-0.39, 0.29) is 0 Å². The molecule has 2 nitrogen and oxygen atoms in total. The Hall–Kier alpha value is -1.83. The summed E-state index contributed by atoms with van der Waals surface area (Å²) in [6.07, 6.45) is 4.53. The number of rotatable bonds is 4. The molecule has 0 saturated heterocycles. The van der Waals surface area contributed by atoms with Gasteiger partial charge >= 0.3 is 5.97 Å². The van der Waals surface area contributed by atoms with Crippen molar-refractivity contribution < 1.29 is 9.90 Å². The van der Waals surface area contributed by atoms with Gasteiger partial charge in [0.05, 0.1) is 0 Å². The number of allylic oxidation sites excluding steroid dienone is 2. The van der Waals surface area contributed by atoms with Crippen molar-refractivity contribution in [3.05, 3.63) is 53.1 Å². The van der Waals surface area contributed by atoms with Crippen LogP contribution in [0.4, 0.5) is 0 Å². The molecule has 0 saturated carbocycles. The zero-order chi connectivity index (χ0) is 12.0. The van der Waals surface area contributed by atoms with E-state index in [2.05, 4.69) is 0 Å². The van der Waals surface area contributed by atoms with E-state index >= 15 is 0 Å². The van der Waals surface area contributed by atoms with E-state index in [4.69, 9.17) is 5.11 Å². The maximum Gasteiger partial charge on any atom is 0.331 e. The van der Waals surface area contributed by atoms with Gasteiger partial charge in [0.15, 0.2) is 0 Å². The molecule has 0 aliphatic rings. The summed E-state index contributed by atoms with van der Waals surface area (Å²) in [6.45, 7) is 3.59. The van der Waals surface area contributed by atoms with Gasteiger partial charge in [-0.1, -0.05) is 49.4 Å². The first-order chi connectivity index (χ1) is 7.65. The molecule has 1 N–H and O–H groups in total. The van der Waals surface area contributed by atoms with Crippen molar-refractivity contribution in [1.29, 1.82) is 0 Å². The van der Waals surface area contributed by atoms with Crippen LogP contribution in [0, 0.1) is 0 Å². The zero-order valence-corrected chi connectivity index (χ0v) is 9.60. The Bertz CT molecular complexity index is 414. The summed E-state index contributed by atoms with van der Waals surface area (Å²) < 4.78 is 0. The van der Waals surface area contributed by atoms with Gasteiger partial charge in [-0.3, -0.25) is 0 Å². The number of benzene rings is 1. The molecular formula is C14H16O2. The highest BCUT2D eigenvalue weighted by Gasteiger charge is 2.04. The standard InChI is InChI=1S/C14H16O2/c1-3-13(11(2)14(15)16)10-9-12-7-5-4-6-8-12/h4-10H,3H2,1-2H3,(H,15,16)/b10-9+,13-11+. The van der Waals surface area contributed by atoms with Crippen LogP contribution in [0.3, 0.4) is 0 Å². The van der Waals surface area contributed by atoms with Gasteiger partial charge in [0, 0.05) is 5.57 Å². The molecule has 84 valence electrons. The minimum atomic E-state index is -0.852. The van der Waals surface area contributed by atoms with E-state index in [0.717, 1.165) is 17.6 Å². The number of hydrogen-bond donors (Lipinski definition) is 1. The first kappa shape index (κ1) is 12.2. The average Bonchev–Trinajstić information content (AvgIpc) is 2.30. The lowest BCUT2D eigenvalue weighted by Crippen LogP contribution is -1.99. The lowest BCUT2D eigenvalue weighted by atomic mass is 10.1. The SMILES string of the molecule is CCC(/C=C/c1ccccc1)=C(/C)C(=O)O. The highest BCUT2D eigenvalue weighted by molar-refractivity contribution is 5.87. The fraction of sp³-hybridized carbons (Fsp3) is 0.214. The van der Waals surface area contributed by atoms with Crippen LogP contribution in [0.5, 0.6) is 0 Å². The summed E-state index contributed by atoms with van der Waals surface area (Å²) in [7, 11) is 0. The van der Waals surface area contributed by atoms with Gasteiger partial charge in [0.1, 0.15) is 0 Å². The van der Waals surface area contributed by atoms with Gasteiger partial charge in [0.2, 0.25) is 0 Å². The van der Waals surface area contributed by atoms with Crippen molar-refractivity contribution in [3.63, 3.8) is 0 Å². The third kappa shape index (κ3) is 3.39. The van der Waals surface area contributed by atoms with Gasteiger partial charge in [-0.25, -0.2) is 4.79 Å². The maximum absolute atomic E-state index is 10.8. The topological polar surface area (TPSA) is 37.3 Å². The predicted molar refractivity (Wildman–Crippen MR) is 66.1 cm³/mol. The quantitative estimate of drug-likeness (QED) is 0.617. The second-order valence-corrected chi connectivity index (χ2v) is 3.55. The van der Waals surface area contributed by atoms with Crippen molar-refractivity contribution in [2.75, 3.05) is 0 Å². The van der Waals surface area contributed by atoms with Crippen LogP contribution in [-0.4, -0.2) is 11.1 Å². The molecule has 0 aromatic heterocycles. The molecule has 0 heterocycles. The van der Waals surface area contributed by atoms with Crippen molar-refractivity contribution >= 4 is 12.0 Å². The lowest BCUT2D eigenvalue weighted by Gasteiger charge is -2.01. The summed E-state index contributed by atoms with van der Waals surface area (Å²) in [5.74, 6) is -0.852. The lowest BCUT2D eigenvalue weighted by molar-refractivity contribution is -0.132. The summed E-state index contributed by atoms with van der Waals surface area (Å²) in [5.41, 5.74) is 2.35. The molecule has 0 fully saturated rings. The minimum Gasteiger partial charge on any atom is -0.478 e. The van der Waals surface area contributed by atoms with Crippen molar-refractivity contribution in [2.24, 2.45) is 0 Å². The normalized spacial score (nSPS) is 12.6. The summed E-state index contributed by atoms with van der Waals surface area (Å²) in [5, 5.41) is 8.89. The molecule has 0 radical (unpaired) electrons. The van der Waals surface area contributed by atoms with Gasteiger partial charge < -0.3 is 5.11 Å². The van der Waals surface area contributed by atoms with Crippen LogP contribution in [0.2, 0.25) is 0 Å². The smallest absolute Gasteiger partial charge is 0.331 e. The molecule has 1 aromatic carbocycles. The van der Waals surface area contributed by atoms with Gasteiger partial charge in [-0.2, -0.15) is 0 Å². The number of carboxylic acids is 1. The Morgan fingerprint density at radius 3 is 2.44 bits per heavy atom. The van der Waals surface area contributed by atoms with Crippen LogP contribution in [0.25, 0.3) is 6.08 Å². The van der Waals surface area contributed by atoms with Crippen LogP contribution >= 0.6 is 0 Å². The molecule has 0 amide bonds. The summed E-state index contributed by atoms with van der Waals surface area (Å²) in [4.78, 5) is 10.8. The van der Waals surface area contributed by atoms with E-state index in [1.807, 2.05) is 49.4 Å². The number of carboxylic acid groups (broad SMARTS) is 1. The molecule has 0 atom stereocenters.